The Bertz CT molecular complexity index is 133. The zero-order chi connectivity index (χ0) is 9.56. The van der Waals surface area contributed by atoms with Gasteiger partial charge < -0.3 is 14.9 Å². The minimum absolute atomic E-state index is 0.335. The molecule has 4 heteroatoms. The van der Waals surface area contributed by atoms with Gasteiger partial charge in [0.1, 0.15) is 5.92 Å². The highest BCUT2D eigenvalue weighted by Gasteiger charge is 2.23. The van der Waals surface area contributed by atoms with E-state index in [4.69, 9.17) is 14.9 Å². The maximum atomic E-state index is 11.0. The smallest absolute Gasteiger partial charge is 0.313 e. The lowest BCUT2D eigenvalue weighted by molar-refractivity contribution is -0.154. The number of esters is 1. The number of hydrogen-bond donors (Lipinski definition) is 2. The van der Waals surface area contributed by atoms with Gasteiger partial charge in [-0.05, 0) is 13.3 Å². The van der Waals surface area contributed by atoms with E-state index in [-0.39, 0.29) is 6.61 Å². The number of carbonyl (C=O) groups excluding carboxylic acids is 1. The topological polar surface area (TPSA) is 66.8 Å². The predicted molar refractivity (Wildman–Crippen MR) is 43.5 cm³/mol. The van der Waals surface area contributed by atoms with E-state index in [9.17, 15) is 4.79 Å². The summed E-state index contributed by atoms with van der Waals surface area (Å²) in [5.41, 5.74) is 0. The first-order chi connectivity index (χ1) is 5.63. The molecular formula is C8H16O4. The fourth-order valence-electron chi connectivity index (χ4n) is 0.734. The molecule has 0 radical (unpaired) electrons. The van der Waals surface area contributed by atoms with Crippen molar-refractivity contribution in [3.63, 3.8) is 0 Å². The molecule has 72 valence electrons. The number of carbonyl (C=O) groups is 1. The van der Waals surface area contributed by atoms with Crippen molar-refractivity contribution in [2.45, 2.75) is 26.4 Å². The Hall–Kier alpha value is -0.610. The Balaban J connectivity index is 3.86. The minimum Gasteiger partial charge on any atom is -0.465 e. The second-order valence-corrected chi connectivity index (χ2v) is 2.70. The number of aliphatic hydroxyl groups is 2. The molecule has 2 N–H and O–H groups in total. The zero-order valence-corrected chi connectivity index (χ0v) is 7.49. The molecular weight excluding hydrogens is 160 g/mol. The van der Waals surface area contributed by atoms with E-state index in [0.717, 1.165) is 6.42 Å². The summed E-state index contributed by atoms with van der Waals surface area (Å²) >= 11 is 0. The molecule has 2 atom stereocenters. The van der Waals surface area contributed by atoms with Crippen LogP contribution >= 0.6 is 0 Å². The van der Waals surface area contributed by atoms with E-state index < -0.39 is 18.0 Å². The summed E-state index contributed by atoms with van der Waals surface area (Å²) in [5, 5.41) is 17.7. The molecule has 12 heavy (non-hydrogen) atoms. The second kappa shape index (κ2) is 5.97. The largest absolute Gasteiger partial charge is 0.465 e. The summed E-state index contributed by atoms with van der Waals surface area (Å²) in [7, 11) is 0. The SMILES string of the molecule is CCCOC(=O)C(CO)C(C)O. The molecule has 0 saturated heterocycles. The lowest BCUT2D eigenvalue weighted by Crippen LogP contribution is -2.31. The number of hydrogen-bond acceptors (Lipinski definition) is 4. The number of rotatable bonds is 5. The molecule has 0 aliphatic carbocycles. The Morgan fingerprint density at radius 1 is 1.58 bits per heavy atom. The molecule has 0 amide bonds. The summed E-state index contributed by atoms with van der Waals surface area (Å²) in [6.07, 6.45) is -0.122. The van der Waals surface area contributed by atoms with Gasteiger partial charge in [0.25, 0.3) is 0 Å². The van der Waals surface area contributed by atoms with Gasteiger partial charge in [-0.15, -0.1) is 0 Å². The van der Waals surface area contributed by atoms with Crippen molar-refractivity contribution < 1.29 is 19.7 Å². The third kappa shape index (κ3) is 3.69. The van der Waals surface area contributed by atoms with Crippen molar-refractivity contribution in [1.29, 1.82) is 0 Å². The van der Waals surface area contributed by atoms with Gasteiger partial charge >= 0.3 is 5.97 Å². The van der Waals surface area contributed by atoms with Crippen molar-refractivity contribution >= 4 is 5.97 Å². The van der Waals surface area contributed by atoms with Crippen LogP contribution < -0.4 is 0 Å². The molecule has 0 spiro atoms. The molecule has 0 aromatic heterocycles. The third-order valence-corrected chi connectivity index (χ3v) is 1.53. The molecule has 0 rings (SSSR count). The van der Waals surface area contributed by atoms with Crippen molar-refractivity contribution in [2.75, 3.05) is 13.2 Å². The van der Waals surface area contributed by atoms with E-state index in [1.54, 1.807) is 0 Å². The first kappa shape index (κ1) is 11.4. The first-order valence-corrected chi connectivity index (χ1v) is 4.09. The summed E-state index contributed by atoms with van der Waals surface area (Å²) in [5.74, 6) is -1.34. The van der Waals surface area contributed by atoms with Crippen LogP contribution in [0.2, 0.25) is 0 Å². The molecule has 0 aromatic rings. The van der Waals surface area contributed by atoms with Gasteiger partial charge in [0.05, 0.1) is 19.3 Å². The van der Waals surface area contributed by atoms with Gasteiger partial charge in [-0.25, -0.2) is 0 Å². The average molecular weight is 176 g/mol. The lowest BCUT2D eigenvalue weighted by atomic mass is 10.1. The summed E-state index contributed by atoms with van der Waals surface area (Å²) in [6.45, 7) is 3.29. The molecule has 0 fully saturated rings. The van der Waals surface area contributed by atoms with E-state index >= 15 is 0 Å². The quantitative estimate of drug-likeness (QED) is 0.575. The highest BCUT2D eigenvalue weighted by atomic mass is 16.5. The molecule has 4 nitrogen and oxygen atoms in total. The average Bonchev–Trinajstić information content (AvgIpc) is 2.01. The van der Waals surface area contributed by atoms with E-state index in [1.165, 1.54) is 6.92 Å². The van der Waals surface area contributed by atoms with Gasteiger partial charge in [0.15, 0.2) is 0 Å². The van der Waals surface area contributed by atoms with Gasteiger partial charge in [-0.3, -0.25) is 4.79 Å². The minimum atomic E-state index is -0.862. The summed E-state index contributed by atoms with van der Waals surface area (Å²) in [6, 6.07) is 0. The maximum absolute atomic E-state index is 11.0. The van der Waals surface area contributed by atoms with Crippen LogP contribution in [0.15, 0.2) is 0 Å². The van der Waals surface area contributed by atoms with Crippen LogP contribution in [0.4, 0.5) is 0 Å². The van der Waals surface area contributed by atoms with E-state index in [1.807, 2.05) is 6.92 Å². The summed E-state index contributed by atoms with van der Waals surface area (Å²) in [4.78, 5) is 11.0. The fraction of sp³-hybridized carbons (Fsp3) is 0.875. The van der Waals surface area contributed by atoms with Crippen LogP contribution in [0.3, 0.4) is 0 Å². The van der Waals surface area contributed by atoms with Crippen molar-refractivity contribution in [3.8, 4) is 0 Å². The van der Waals surface area contributed by atoms with Gasteiger partial charge in [-0.1, -0.05) is 6.92 Å². The molecule has 2 unspecified atom stereocenters. The van der Waals surface area contributed by atoms with Crippen LogP contribution in [0.1, 0.15) is 20.3 Å². The highest BCUT2D eigenvalue weighted by molar-refractivity contribution is 5.73. The molecule has 0 aliphatic rings. The van der Waals surface area contributed by atoms with Crippen LogP contribution in [-0.4, -0.2) is 35.5 Å². The Kier molecular flexibility index (Phi) is 5.66. The van der Waals surface area contributed by atoms with Gasteiger partial charge in [-0.2, -0.15) is 0 Å². The standard InChI is InChI=1S/C8H16O4/c1-3-4-12-8(11)7(5-9)6(2)10/h6-7,9-10H,3-5H2,1-2H3. The number of ether oxygens (including phenoxy) is 1. The van der Waals surface area contributed by atoms with E-state index in [2.05, 4.69) is 0 Å². The van der Waals surface area contributed by atoms with Crippen LogP contribution in [0.5, 0.6) is 0 Å². The Morgan fingerprint density at radius 3 is 2.50 bits per heavy atom. The maximum Gasteiger partial charge on any atom is 0.313 e. The Morgan fingerprint density at radius 2 is 2.17 bits per heavy atom. The zero-order valence-electron chi connectivity index (χ0n) is 7.49. The highest BCUT2D eigenvalue weighted by Crippen LogP contribution is 2.05. The van der Waals surface area contributed by atoms with Gasteiger partial charge in [0, 0.05) is 0 Å². The molecule has 0 aromatic carbocycles. The van der Waals surface area contributed by atoms with Crippen molar-refractivity contribution in [2.24, 2.45) is 5.92 Å². The number of aliphatic hydroxyl groups excluding tert-OH is 2. The molecule has 0 saturated carbocycles. The monoisotopic (exact) mass is 176 g/mol. The third-order valence-electron chi connectivity index (χ3n) is 1.53. The normalized spacial score (nSPS) is 15.3. The predicted octanol–water partition coefficient (Wildman–Crippen LogP) is -0.0711. The van der Waals surface area contributed by atoms with Crippen LogP contribution in [-0.2, 0) is 9.53 Å². The summed E-state index contributed by atoms with van der Waals surface area (Å²) < 4.78 is 4.75. The van der Waals surface area contributed by atoms with Crippen molar-refractivity contribution in [1.82, 2.24) is 0 Å². The second-order valence-electron chi connectivity index (χ2n) is 2.70. The van der Waals surface area contributed by atoms with E-state index in [0.29, 0.717) is 6.61 Å². The lowest BCUT2D eigenvalue weighted by Gasteiger charge is -2.15. The molecule has 0 bridgehead atoms. The Labute approximate surface area is 72.2 Å². The fourth-order valence-corrected chi connectivity index (χ4v) is 0.734. The first-order valence-electron chi connectivity index (χ1n) is 4.09. The van der Waals surface area contributed by atoms with Crippen molar-refractivity contribution in [3.05, 3.63) is 0 Å². The van der Waals surface area contributed by atoms with Crippen LogP contribution in [0.25, 0.3) is 0 Å². The van der Waals surface area contributed by atoms with Crippen LogP contribution in [0, 0.1) is 5.92 Å². The molecule has 0 heterocycles. The van der Waals surface area contributed by atoms with Gasteiger partial charge in [0.2, 0.25) is 0 Å². The molecule has 0 aliphatic heterocycles.